The molecule has 1 atom stereocenters. The van der Waals surface area contributed by atoms with Gasteiger partial charge in [-0.3, -0.25) is 19.3 Å². The van der Waals surface area contributed by atoms with Crippen molar-refractivity contribution in [2.75, 3.05) is 6.54 Å². The number of nitrogens with one attached hydrogen (secondary N) is 1. The molecular formula is C18H24N2O4. The smallest absolute Gasteiger partial charge is 0.229 e. The molecular weight excluding hydrogens is 308 g/mol. The second kappa shape index (κ2) is 7.95. The maximum atomic E-state index is 12.1. The minimum Gasteiger partial charge on any atom is -0.491 e. The Morgan fingerprint density at radius 2 is 1.88 bits per heavy atom. The van der Waals surface area contributed by atoms with Crippen LogP contribution in [0, 0.1) is 0 Å². The second-order valence-electron chi connectivity index (χ2n) is 6.22. The van der Waals surface area contributed by atoms with Crippen LogP contribution in [-0.4, -0.2) is 35.3 Å². The summed E-state index contributed by atoms with van der Waals surface area (Å²) < 4.78 is 5.65. The number of carbonyl (C=O) groups excluding carboxylic acids is 3. The zero-order chi connectivity index (χ0) is 17.7. The highest BCUT2D eigenvalue weighted by Crippen LogP contribution is 2.20. The van der Waals surface area contributed by atoms with E-state index in [4.69, 9.17) is 4.74 Å². The molecule has 1 N–H and O–H groups in total. The lowest BCUT2D eigenvalue weighted by Crippen LogP contribution is -2.34. The summed E-state index contributed by atoms with van der Waals surface area (Å²) in [5.41, 5.74) is 0.940. The third-order valence-electron chi connectivity index (χ3n) is 3.82. The van der Waals surface area contributed by atoms with Crippen molar-refractivity contribution >= 4 is 17.7 Å². The van der Waals surface area contributed by atoms with Crippen molar-refractivity contribution < 1.29 is 19.1 Å². The Labute approximate surface area is 142 Å². The van der Waals surface area contributed by atoms with Crippen LogP contribution in [0.2, 0.25) is 0 Å². The zero-order valence-electron chi connectivity index (χ0n) is 14.4. The molecule has 0 spiro atoms. The quantitative estimate of drug-likeness (QED) is 0.777. The van der Waals surface area contributed by atoms with E-state index in [2.05, 4.69) is 5.32 Å². The minimum atomic E-state index is -0.195. The second-order valence-corrected chi connectivity index (χ2v) is 6.22. The van der Waals surface area contributed by atoms with E-state index in [0.29, 0.717) is 0 Å². The number of hydrogen-bond donors (Lipinski definition) is 1. The van der Waals surface area contributed by atoms with Crippen molar-refractivity contribution in [2.45, 2.75) is 52.2 Å². The van der Waals surface area contributed by atoms with E-state index >= 15 is 0 Å². The van der Waals surface area contributed by atoms with Crippen LogP contribution in [0.3, 0.4) is 0 Å². The standard InChI is InChI=1S/C18H24N2O4/c1-12(2)24-15-6-4-5-14(11-15)13(3)19-16(21)9-10-20-17(22)7-8-18(20)23/h4-6,11-13H,7-10H2,1-3H3,(H,19,21)/t13-/m1/s1. The highest BCUT2D eigenvalue weighted by atomic mass is 16.5. The van der Waals surface area contributed by atoms with Gasteiger partial charge in [0, 0.05) is 25.8 Å². The lowest BCUT2D eigenvalue weighted by Gasteiger charge is -2.18. The monoisotopic (exact) mass is 332 g/mol. The van der Waals surface area contributed by atoms with Crippen molar-refractivity contribution in [3.63, 3.8) is 0 Å². The molecule has 1 saturated heterocycles. The van der Waals surface area contributed by atoms with Gasteiger partial charge in [0.2, 0.25) is 17.7 Å². The summed E-state index contributed by atoms with van der Waals surface area (Å²) in [6.45, 7) is 5.95. The summed E-state index contributed by atoms with van der Waals surface area (Å²) in [6.07, 6.45) is 0.698. The number of likely N-dealkylation sites (tertiary alicyclic amines) is 1. The fourth-order valence-corrected chi connectivity index (χ4v) is 2.61. The Kier molecular flexibility index (Phi) is 5.95. The molecule has 1 aliphatic rings. The highest BCUT2D eigenvalue weighted by Gasteiger charge is 2.28. The first kappa shape index (κ1) is 18.0. The van der Waals surface area contributed by atoms with E-state index in [1.807, 2.05) is 45.0 Å². The number of hydrogen-bond acceptors (Lipinski definition) is 4. The Morgan fingerprint density at radius 1 is 1.21 bits per heavy atom. The van der Waals surface area contributed by atoms with Gasteiger partial charge in [-0.1, -0.05) is 12.1 Å². The van der Waals surface area contributed by atoms with Gasteiger partial charge in [-0.15, -0.1) is 0 Å². The van der Waals surface area contributed by atoms with Crippen LogP contribution in [0.4, 0.5) is 0 Å². The van der Waals surface area contributed by atoms with Gasteiger partial charge < -0.3 is 10.1 Å². The third-order valence-corrected chi connectivity index (χ3v) is 3.82. The van der Waals surface area contributed by atoms with Gasteiger partial charge >= 0.3 is 0 Å². The number of rotatable bonds is 7. The maximum Gasteiger partial charge on any atom is 0.229 e. The molecule has 130 valence electrons. The average Bonchev–Trinajstić information content (AvgIpc) is 2.83. The molecule has 0 aromatic heterocycles. The van der Waals surface area contributed by atoms with Crippen molar-refractivity contribution in [1.82, 2.24) is 10.2 Å². The molecule has 1 aliphatic heterocycles. The van der Waals surface area contributed by atoms with Crippen LogP contribution in [-0.2, 0) is 14.4 Å². The molecule has 0 bridgehead atoms. The van der Waals surface area contributed by atoms with Gasteiger partial charge in [0.25, 0.3) is 0 Å². The van der Waals surface area contributed by atoms with E-state index in [9.17, 15) is 14.4 Å². The van der Waals surface area contributed by atoms with Crippen LogP contribution in [0.25, 0.3) is 0 Å². The fraction of sp³-hybridized carbons (Fsp3) is 0.500. The van der Waals surface area contributed by atoms with E-state index in [1.165, 1.54) is 4.90 Å². The normalized spacial score (nSPS) is 15.8. The summed E-state index contributed by atoms with van der Waals surface area (Å²) in [5.74, 6) is 0.181. The Balaban J connectivity index is 1.87. The van der Waals surface area contributed by atoms with Gasteiger partial charge in [0.15, 0.2) is 0 Å². The van der Waals surface area contributed by atoms with Gasteiger partial charge in [0.05, 0.1) is 12.1 Å². The first-order chi connectivity index (χ1) is 11.4. The number of nitrogens with zero attached hydrogens (tertiary/aromatic N) is 1. The predicted molar refractivity (Wildman–Crippen MR) is 89.3 cm³/mol. The van der Waals surface area contributed by atoms with Crippen molar-refractivity contribution in [2.24, 2.45) is 0 Å². The first-order valence-electron chi connectivity index (χ1n) is 8.26. The van der Waals surface area contributed by atoms with Gasteiger partial charge in [0.1, 0.15) is 5.75 Å². The molecule has 0 aliphatic carbocycles. The SMILES string of the molecule is CC(C)Oc1cccc([C@@H](C)NC(=O)CCN2C(=O)CCC2=O)c1. The molecule has 0 radical (unpaired) electrons. The van der Waals surface area contributed by atoms with Crippen LogP contribution < -0.4 is 10.1 Å². The van der Waals surface area contributed by atoms with Gasteiger partial charge in [-0.2, -0.15) is 0 Å². The van der Waals surface area contributed by atoms with Crippen LogP contribution in [0.1, 0.15) is 51.6 Å². The largest absolute Gasteiger partial charge is 0.491 e. The lowest BCUT2D eigenvalue weighted by molar-refractivity contribution is -0.138. The Morgan fingerprint density at radius 3 is 2.50 bits per heavy atom. The number of benzene rings is 1. The van der Waals surface area contributed by atoms with E-state index < -0.39 is 0 Å². The first-order valence-corrected chi connectivity index (χ1v) is 8.26. The third kappa shape index (κ3) is 4.81. The van der Waals surface area contributed by atoms with E-state index in [1.54, 1.807) is 0 Å². The number of ether oxygens (including phenoxy) is 1. The Hall–Kier alpha value is -2.37. The highest BCUT2D eigenvalue weighted by molar-refractivity contribution is 6.02. The molecule has 1 heterocycles. The molecule has 1 aromatic rings. The number of amides is 3. The summed E-state index contributed by atoms with van der Waals surface area (Å²) in [7, 11) is 0. The molecule has 3 amide bonds. The van der Waals surface area contributed by atoms with E-state index in [-0.39, 0.29) is 55.7 Å². The zero-order valence-corrected chi connectivity index (χ0v) is 14.4. The molecule has 1 aromatic carbocycles. The summed E-state index contributed by atoms with van der Waals surface area (Å²) >= 11 is 0. The average molecular weight is 332 g/mol. The predicted octanol–water partition coefficient (Wildman–Crippen LogP) is 2.19. The molecule has 1 fully saturated rings. The maximum absolute atomic E-state index is 12.1. The van der Waals surface area contributed by atoms with Crippen molar-refractivity contribution in [3.8, 4) is 5.75 Å². The van der Waals surface area contributed by atoms with E-state index in [0.717, 1.165) is 11.3 Å². The fourth-order valence-electron chi connectivity index (χ4n) is 2.61. The minimum absolute atomic E-state index is 0.0840. The van der Waals surface area contributed by atoms with Gasteiger partial charge in [-0.25, -0.2) is 0 Å². The molecule has 6 heteroatoms. The summed E-state index contributed by atoms with van der Waals surface area (Å²) in [5, 5.41) is 2.89. The topological polar surface area (TPSA) is 75.7 Å². The Bertz CT molecular complexity index is 611. The van der Waals surface area contributed by atoms with Crippen LogP contribution in [0.15, 0.2) is 24.3 Å². The van der Waals surface area contributed by atoms with Gasteiger partial charge in [-0.05, 0) is 38.5 Å². The molecule has 0 saturated carbocycles. The molecule has 6 nitrogen and oxygen atoms in total. The number of carbonyl (C=O) groups is 3. The summed E-state index contributed by atoms with van der Waals surface area (Å²) in [4.78, 5) is 36.3. The molecule has 24 heavy (non-hydrogen) atoms. The number of imide groups is 1. The molecule has 2 rings (SSSR count). The lowest BCUT2D eigenvalue weighted by atomic mass is 10.1. The summed E-state index contributed by atoms with van der Waals surface area (Å²) in [6, 6.07) is 7.41. The van der Waals surface area contributed by atoms with Crippen molar-refractivity contribution in [3.05, 3.63) is 29.8 Å². The van der Waals surface area contributed by atoms with Crippen molar-refractivity contribution in [1.29, 1.82) is 0 Å². The van der Waals surface area contributed by atoms with Crippen LogP contribution in [0.5, 0.6) is 5.75 Å². The molecule has 0 unspecified atom stereocenters. The van der Waals surface area contributed by atoms with Crippen LogP contribution >= 0.6 is 0 Å².